The maximum absolute atomic E-state index is 14.3. The third-order valence-electron chi connectivity index (χ3n) is 4.00. The van der Waals surface area contributed by atoms with Gasteiger partial charge in [-0.05, 0) is 13.8 Å². The molecule has 1 aromatic heterocycles. The van der Waals surface area contributed by atoms with E-state index in [1.165, 1.54) is 6.92 Å². The second-order valence-corrected chi connectivity index (χ2v) is 6.77. The van der Waals surface area contributed by atoms with Gasteiger partial charge in [-0.1, -0.05) is 11.6 Å². The van der Waals surface area contributed by atoms with Crippen molar-refractivity contribution < 1.29 is 35.9 Å². The van der Waals surface area contributed by atoms with Crippen LogP contribution >= 0.6 is 11.6 Å². The number of hydrogen-bond donors (Lipinski definition) is 2. The average molecular weight is 484 g/mol. The maximum atomic E-state index is 14.3. The Kier molecular flexibility index (Phi) is 7.88. The molecule has 1 heterocycles. The Bertz CT molecular complexity index is 1010. The van der Waals surface area contributed by atoms with Gasteiger partial charge in [0.1, 0.15) is 34.5 Å². The highest BCUT2D eigenvalue weighted by molar-refractivity contribution is 6.32. The molecule has 0 aliphatic rings. The summed E-state index contributed by atoms with van der Waals surface area (Å²) in [5, 5.41) is 4.98. The second kappa shape index (κ2) is 10.0. The highest BCUT2D eigenvalue weighted by Crippen LogP contribution is 2.38. The number of benzene rings is 1. The molecule has 7 nitrogen and oxygen atoms in total. The monoisotopic (exact) mass is 483 g/mol. The van der Waals surface area contributed by atoms with E-state index in [2.05, 4.69) is 25.2 Å². The maximum Gasteiger partial charge on any atom is 0.408 e. The van der Waals surface area contributed by atoms with Crippen molar-refractivity contribution >= 4 is 35.6 Å². The molecule has 0 fully saturated rings. The number of rotatable bonds is 7. The average Bonchev–Trinajstić information content (AvgIpc) is 2.67. The summed E-state index contributed by atoms with van der Waals surface area (Å²) in [6.07, 6.45) is -3.65. The first kappa shape index (κ1) is 25.2. The quantitative estimate of drug-likeness (QED) is 0.194. The van der Waals surface area contributed by atoms with Crippen molar-refractivity contribution in [2.45, 2.75) is 26.1 Å². The summed E-state index contributed by atoms with van der Waals surface area (Å²) in [7, 11) is 1.16. The van der Waals surface area contributed by atoms with Crippen molar-refractivity contribution in [2.24, 2.45) is 11.0 Å². The van der Waals surface area contributed by atoms with Crippen molar-refractivity contribution in [3.63, 3.8) is 0 Å². The molecule has 2 N–H and O–H groups in total. The molecule has 1 unspecified atom stereocenters. The molecule has 0 saturated carbocycles. The Labute approximate surface area is 182 Å². The van der Waals surface area contributed by atoms with Crippen LogP contribution in [-0.2, 0) is 9.53 Å². The number of carbonyl (C=O) groups is 1. The van der Waals surface area contributed by atoms with Crippen LogP contribution in [0.15, 0.2) is 17.2 Å². The summed E-state index contributed by atoms with van der Waals surface area (Å²) in [5.41, 5.74) is 0.666. The summed E-state index contributed by atoms with van der Waals surface area (Å²) in [4.78, 5) is 18.8. The SMILES string of the molecule is COC(=O)C(C)/C=N/Nc1nc(Cl)c(-c2c(F)cc(F)cc2F)c(N[C@@H](C)C(F)(F)F)n1. The molecule has 0 amide bonds. The molecule has 0 bridgehead atoms. The van der Waals surface area contributed by atoms with E-state index < -0.39 is 69.6 Å². The van der Waals surface area contributed by atoms with Crippen molar-refractivity contribution in [1.82, 2.24) is 9.97 Å². The molecule has 0 saturated heterocycles. The zero-order valence-corrected chi connectivity index (χ0v) is 17.4. The number of aromatic nitrogens is 2. The zero-order valence-electron chi connectivity index (χ0n) is 16.7. The molecule has 2 rings (SSSR count). The highest BCUT2D eigenvalue weighted by Gasteiger charge is 2.37. The van der Waals surface area contributed by atoms with Crippen LogP contribution in [0.5, 0.6) is 0 Å². The third kappa shape index (κ3) is 5.99. The standard InChI is InChI=1S/C18H16ClF6N5O2/c1-7(16(31)32-3)6-26-30-17-28-14(19)13(12-10(21)4-9(20)5-11(12)22)15(29-17)27-8(2)18(23,24)25/h4-8H,1-3H3,(H2,27,28,29,30)/b26-6+/t7?,8-/m0/s1. The largest absolute Gasteiger partial charge is 0.469 e. The van der Waals surface area contributed by atoms with Crippen LogP contribution in [0.2, 0.25) is 5.15 Å². The summed E-state index contributed by atoms with van der Waals surface area (Å²) in [5.74, 6) is -6.65. The molecule has 0 spiro atoms. The van der Waals surface area contributed by atoms with E-state index >= 15 is 0 Å². The van der Waals surface area contributed by atoms with E-state index in [-0.39, 0.29) is 0 Å². The topological polar surface area (TPSA) is 88.5 Å². The lowest BCUT2D eigenvalue weighted by atomic mass is 10.1. The Morgan fingerprint density at radius 3 is 2.28 bits per heavy atom. The molecular formula is C18H16ClF6N5O2. The number of carbonyl (C=O) groups excluding carboxylic acids is 1. The zero-order chi connectivity index (χ0) is 24.2. The van der Waals surface area contributed by atoms with Gasteiger partial charge in [0.05, 0.1) is 24.2 Å². The van der Waals surface area contributed by atoms with E-state index in [4.69, 9.17) is 11.6 Å². The number of nitrogens with one attached hydrogen (secondary N) is 2. The van der Waals surface area contributed by atoms with Gasteiger partial charge < -0.3 is 10.1 Å². The Morgan fingerprint density at radius 2 is 1.75 bits per heavy atom. The molecule has 32 heavy (non-hydrogen) atoms. The molecule has 0 aliphatic heterocycles. The van der Waals surface area contributed by atoms with Crippen LogP contribution in [0.4, 0.5) is 38.1 Å². The number of halogens is 7. The number of ether oxygens (including phenoxy) is 1. The molecule has 174 valence electrons. The van der Waals surface area contributed by atoms with Crippen LogP contribution < -0.4 is 10.7 Å². The minimum Gasteiger partial charge on any atom is -0.469 e. The van der Waals surface area contributed by atoms with Crippen LogP contribution in [0.3, 0.4) is 0 Å². The van der Waals surface area contributed by atoms with Crippen molar-refractivity contribution in [3.05, 3.63) is 34.7 Å². The molecule has 2 aromatic rings. The number of esters is 1. The fourth-order valence-corrected chi connectivity index (χ4v) is 2.59. The van der Waals surface area contributed by atoms with Gasteiger partial charge in [0, 0.05) is 18.3 Å². The van der Waals surface area contributed by atoms with Crippen LogP contribution in [0.1, 0.15) is 13.8 Å². The van der Waals surface area contributed by atoms with Gasteiger partial charge in [-0.25, -0.2) is 18.6 Å². The summed E-state index contributed by atoms with van der Waals surface area (Å²) in [6.45, 7) is 2.19. The Hall–Kier alpha value is -3.09. The van der Waals surface area contributed by atoms with Gasteiger partial charge in [-0.3, -0.25) is 4.79 Å². The van der Waals surface area contributed by atoms with Crippen molar-refractivity contribution in [1.29, 1.82) is 0 Å². The smallest absolute Gasteiger partial charge is 0.408 e. The molecule has 0 radical (unpaired) electrons. The molecule has 1 aromatic carbocycles. The number of anilines is 2. The van der Waals surface area contributed by atoms with E-state index in [1.807, 2.05) is 5.32 Å². The fourth-order valence-electron chi connectivity index (χ4n) is 2.33. The molecular weight excluding hydrogens is 468 g/mol. The summed E-state index contributed by atoms with van der Waals surface area (Å²) < 4.78 is 85.6. The first-order valence-electron chi connectivity index (χ1n) is 8.77. The van der Waals surface area contributed by atoms with Gasteiger partial charge in [-0.2, -0.15) is 28.2 Å². The van der Waals surface area contributed by atoms with Gasteiger partial charge in [-0.15, -0.1) is 0 Å². The number of hydrazone groups is 1. The van der Waals surface area contributed by atoms with E-state index in [9.17, 15) is 31.1 Å². The Morgan fingerprint density at radius 1 is 1.16 bits per heavy atom. The molecule has 0 aliphatic carbocycles. The van der Waals surface area contributed by atoms with E-state index in [0.29, 0.717) is 12.1 Å². The van der Waals surface area contributed by atoms with Crippen LogP contribution in [0.25, 0.3) is 11.1 Å². The van der Waals surface area contributed by atoms with Gasteiger partial charge >= 0.3 is 12.1 Å². The second-order valence-electron chi connectivity index (χ2n) is 6.42. The van der Waals surface area contributed by atoms with Crippen LogP contribution in [0, 0.1) is 23.4 Å². The number of hydrogen-bond acceptors (Lipinski definition) is 7. The van der Waals surface area contributed by atoms with Gasteiger partial charge in [0.2, 0.25) is 5.95 Å². The van der Waals surface area contributed by atoms with Crippen molar-refractivity contribution in [3.8, 4) is 11.1 Å². The minimum absolute atomic E-state index is 0.330. The van der Waals surface area contributed by atoms with Crippen molar-refractivity contribution in [2.75, 3.05) is 17.9 Å². The normalized spacial score (nSPS) is 13.7. The molecule has 2 atom stereocenters. The van der Waals surface area contributed by atoms with E-state index in [1.54, 1.807) is 0 Å². The third-order valence-corrected chi connectivity index (χ3v) is 4.28. The van der Waals surface area contributed by atoms with Gasteiger partial charge in [0.25, 0.3) is 0 Å². The number of nitrogens with zero attached hydrogens (tertiary/aromatic N) is 3. The summed E-state index contributed by atoms with van der Waals surface area (Å²) >= 11 is 6.00. The summed E-state index contributed by atoms with van der Waals surface area (Å²) in [6, 6.07) is -1.55. The number of methoxy groups -OCH3 is 1. The van der Waals surface area contributed by atoms with Crippen LogP contribution in [-0.4, -0.2) is 41.5 Å². The lowest BCUT2D eigenvalue weighted by molar-refractivity contribution is -0.142. The Balaban J connectivity index is 2.55. The fraction of sp³-hybridized carbons (Fsp3) is 0.333. The predicted molar refractivity (Wildman–Crippen MR) is 105 cm³/mol. The lowest BCUT2D eigenvalue weighted by Gasteiger charge is -2.21. The first-order valence-corrected chi connectivity index (χ1v) is 9.15. The minimum atomic E-state index is -4.75. The highest BCUT2D eigenvalue weighted by atomic mass is 35.5. The van der Waals surface area contributed by atoms with Gasteiger partial charge in [0.15, 0.2) is 0 Å². The number of alkyl halides is 3. The van der Waals surface area contributed by atoms with E-state index in [0.717, 1.165) is 20.2 Å². The lowest BCUT2D eigenvalue weighted by Crippen LogP contribution is -2.33. The molecule has 14 heteroatoms. The predicted octanol–water partition coefficient (Wildman–Crippen LogP) is 4.78. The first-order chi connectivity index (χ1) is 14.8.